The Morgan fingerprint density at radius 1 is 0.824 bits per heavy atom. The van der Waals surface area contributed by atoms with Crippen molar-refractivity contribution in [1.29, 1.82) is 0 Å². The fraction of sp³-hybridized carbons (Fsp3) is 1.00. The first-order valence-electron chi connectivity index (χ1n) is 7.52. The molecule has 0 spiro atoms. The van der Waals surface area contributed by atoms with Crippen molar-refractivity contribution in [1.82, 2.24) is 15.1 Å². The van der Waals surface area contributed by atoms with Gasteiger partial charge < -0.3 is 15.1 Å². The van der Waals surface area contributed by atoms with Gasteiger partial charge in [-0.05, 0) is 45.4 Å². The van der Waals surface area contributed by atoms with E-state index in [0.29, 0.717) is 0 Å². The molecule has 0 atom stereocenters. The van der Waals surface area contributed by atoms with E-state index in [0.717, 1.165) is 0 Å². The van der Waals surface area contributed by atoms with Gasteiger partial charge in [-0.15, -0.1) is 0 Å². The third kappa shape index (κ3) is 7.02. The molecule has 102 valence electrons. The standard InChI is InChI=1S/C14H31N3/c1-3-8-15-9-6-5-7-10-17-13-11-16(4-2)12-14-17/h15H,3-14H2,1-2H3. The Kier molecular flexibility index (Phi) is 8.67. The Balaban J connectivity index is 1.87. The van der Waals surface area contributed by atoms with E-state index >= 15 is 0 Å². The highest BCUT2D eigenvalue weighted by atomic mass is 15.3. The van der Waals surface area contributed by atoms with E-state index < -0.39 is 0 Å². The average Bonchev–Trinajstić information content (AvgIpc) is 2.38. The van der Waals surface area contributed by atoms with Gasteiger partial charge in [0.1, 0.15) is 0 Å². The maximum atomic E-state index is 3.47. The van der Waals surface area contributed by atoms with Crippen LogP contribution in [0.25, 0.3) is 0 Å². The van der Waals surface area contributed by atoms with Gasteiger partial charge >= 0.3 is 0 Å². The lowest BCUT2D eigenvalue weighted by atomic mass is 10.2. The van der Waals surface area contributed by atoms with Crippen molar-refractivity contribution in [2.75, 3.05) is 52.4 Å². The van der Waals surface area contributed by atoms with Crippen LogP contribution in [0.3, 0.4) is 0 Å². The zero-order valence-electron chi connectivity index (χ0n) is 11.9. The minimum atomic E-state index is 1.18. The molecule has 0 unspecified atom stereocenters. The topological polar surface area (TPSA) is 18.5 Å². The maximum Gasteiger partial charge on any atom is 0.0110 e. The fourth-order valence-corrected chi connectivity index (χ4v) is 2.39. The quantitative estimate of drug-likeness (QED) is 0.621. The van der Waals surface area contributed by atoms with Crippen molar-refractivity contribution in [3.63, 3.8) is 0 Å². The Labute approximate surface area is 108 Å². The molecule has 1 aliphatic heterocycles. The summed E-state index contributed by atoms with van der Waals surface area (Å²) in [7, 11) is 0. The van der Waals surface area contributed by atoms with Crippen LogP contribution in [0.4, 0.5) is 0 Å². The van der Waals surface area contributed by atoms with Crippen molar-refractivity contribution in [2.24, 2.45) is 0 Å². The molecular weight excluding hydrogens is 210 g/mol. The van der Waals surface area contributed by atoms with Crippen LogP contribution in [0.15, 0.2) is 0 Å². The molecule has 0 bridgehead atoms. The fourth-order valence-electron chi connectivity index (χ4n) is 2.39. The second kappa shape index (κ2) is 9.86. The van der Waals surface area contributed by atoms with Gasteiger partial charge in [-0.3, -0.25) is 0 Å². The number of piperazine rings is 1. The van der Waals surface area contributed by atoms with E-state index in [-0.39, 0.29) is 0 Å². The van der Waals surface area contributed by atoms with Crippen LogP contribution in [0.2, 0.25) is 0 Å². The predicted octanol–water partition coefficient (Wildman–Crippen LogP) is 1.79. The molecule has 1 saturated heterocycles. The molecule has 0 aromatic heterocycles. The van der Waals surface area contributed by atoms with Gasteiger partial charge in [-0.2, -0.15) is 0 Å². The lowest BCUT2D eigenvalue weighted by molar-refractivity contribution is 0.135. The van der Waals surface area contributed by atoms with E-state index in [1.165, 1.54) is 78.0 Å². The lowest BCUT2D eigenvalue weighted by Crippen LogP contribution is -2.46. The van der Waals surface area contributed by atoms with Crippen LogP contribution >= 0.6 is 0 Å². The SMILES string of the molecule is CCCNCCCCCN1CCN(CC)CC1. The summed E-state index contributed by atoms with van der Waals surface area (Å²) in [6.07, 6.45) is 5.35. The molecule has 3 nitrogen and oxygen atoms in total. The molecule has 0 radical (unpaired) electrons. The zero-order chi connectivity index (χ0) is 12.3. The van der Waals surface area contributed by atoms with Crippen LogP contribution in [0.5, 0.6) is 0 Å². The molecule has 1 rings (SSSR count). The van der Waals surface area contributed by atoms with Crippen molar-refractivity contribution >= 4 is 0 Å². The number of hydrogen-bond donors (Lipinski definition) is 1. The van der Waals surface area contributed by atoms with Gasteiger partial charge in [0, 0.05) is 26.2 Å². The minimum Gasteiger partial charge on any atom is -0.317 e. The van der Waals surface area contributed by atoms with E-state index in [1.807, 2.05) is 0 Å². The minimum absolute atomic E-state index is 1.18. The molecule has 0 aliphatic carbocycles. The molecule has 1 heterocycles. The van der Waals surface area contributed by atoms with Crippen molar-refractivity contribution in [2.45, 2.75) is 39.5 Å². The van der Waals surface area contributed by atoms with Gasteiger partial charge in [-0.1, -0.05) is 20.3 Å². The molecule has 0 aromatic rings. The summed E-state index contributed by atoms with van der Waals surface area (Å²) in [6.45, 7) is 14.5. The lowest BCUT2D eigenvalue weighted by Gasteiger charge is -2.33. The van der Waals surface area contributed by atoms with Gasteiger partial charge in [0.05, 0.1) is 0 Å². The highest BCUT2D eigenvalue weighted by Crippen LogP contribution is 2.04. The van der Waals surface area contributed by atoms with E-state index in [2.05, 4.69) is 29.0 Å². The number of nitrogens with zero attached hydrogens (tertiary/aromatic N) is 2. The molecule has 0 amide bonds. The molecule has 3 heteroatoms. The maximum absolute atomic E-state index is 3.47. The van der Waals surface area contributed by atoms with Crippen LogP contribution < -0.4 is 5.32 Å². The highest BCUT2D eigenvalue weighted by molar-refractivity contribution is 4.70. The van der Waals surface area contributed by atoms with Crippen molar-refractivity contribution in [3.8, 4) is 0 Å². The molecular formula is C14H31N3. The Bertz CT molecular complexity index is 165. The predicted molar refractivity (Wildman–Crippen MR) is 75.6 cm³/mol. The molecule has 1 fully saturated rings. The Hall–Kier alpha value is -0.120. The summed E-state index contributed by atoms with van der Waals surface area (Å²) in [5, 5.41) is 3.47. The second-order valence-electron chi connectivity index (χ2n) is 5.09. The first-order chi connectivity index (χ1) is 8.36. The van der Waals surface area contributed by atoms with Crippen LogP contribution in [0.1, 0.15) is 39.5 Å². The Morgan fingerprint density at radius 2 is 1.53 bits per heavy atom. The van der Waals surface area contributed by atoms with Gasteiger partial charge in [0.15, 0.2) is 0 Å². The largest absolute Gasteiger partial charge is 0.317 e. The molecule has 1 N–H and O–H groups in total. The van der Waals surface area contributed by atoms with Crippen LogP contribution in [-0.2, 0) is 0 Å². The number of likely N-dealkylation sites (N-methyl/N-ethyl adjacent to an activating group) is 1. The average molecular weight is 241 g/mol. The first-order valence-corrected chi connectivity index (χ1v) is 7.52. The van der Waals surface area contributed by atoms with Gasteiger partial charge in [-0.25, -0.2) is 0 Å². The van der Waals surface area contributed by atoms with E-state index in [4.69, 9.17) is 0 Å². The van der Waals surface area contributed by atoms with Crippen molar-refractivity contribution in [3.05, 3.63) is 0 Å². The zero-order valence-corrected chi connectivity index (χ0v) is 11.9. The number of unbranched alkanes of at least 4 members (excludes halogenated alkanes) is 2. The normalized spacial score (nSPS) is 18.7. The summed E-state index contributed by atoms with van der Waals surface area (Å²) < 4.78 is 0. The van der Waals surface area contributed by atoms with Gasteiger partial charge in [0.2, 0.25) is 0 Å². The number of rotatable bonds is 9. The summed E-state index contributed by atoms with van der Waals surface area (Å²) >= 11 is 0. The highest BCUT2D eigenvalue weighted by Gasteiger charge is 2.14. The van der Waals surface area contributed by atoms with Crippen LogP contribution in [-0.4, -0.2) is 62.2 Å². The molecule has 0 aromatic carbocycles. The van der Waals surface area contributed by atoms with E-state index in [1.54, 1.807) is 0 Å². The van der Waals surface area contributed by atoms with E-state index in [9.17, 15) is 0 Å². The smallest absolute Gasteiger partial charge is 0.0110 e. The number of hydrogen-bond acceptors (Lipinski definition) is 3. The summed E-state index contributed by atoms with van der Waals surface area (Å²) in [6, 6.07) is 0. The second-order valence-corrected chi connectivity index (χ2v) is 5.09. The monoisotopic (exact) mass is 241 g/mol. The summed E-state index contributed by atoms with van der Waals surface area (Å²) in [5.41, 5.74) is 0. The third-order valence-electron chi connectivity index (χ3n) is 3.67. The molecule has 1 aliphatic rings. The molecule has 0 saturated carbocycles. The van der Waals surface area contributed by atoms with Crippen LogP contribution in [0, 0.1) is 0 Å². The number of nitrogens with one attached hydrogen (secondary N) is 1. The summed E-state index contributed by atoms with van der Waals surface area (Å²) in [4.78, 5) is 5.18. The molecule has 17 heavy (non-hydrogen) atoms. The summed E-state index contributed by atoms with van der Waals surface area (Å²) in [5.74, 6) is 0. The third-order valence-corrected chi connectivity index (χ3v) is 3.67. The van der Waals surface area contributed by atoms with Crippen molar-refractivity contribution < 1.29 is 0 Å². The first kappa shape index (κ1) is 14.9. The van der Waals surface area contributed by atoms with Gasteiger partial charge in [0.25, 0.3) is 0 Å². The Morgan fingerprint density at radius 3 is 2.18 bits per heavy atom.